The molecule has 3 aromatic rings. The smallest absolute Gasteiger partial charge is 0.261 e. The minimum atomic E-state index is -0.715. The van der Waals surface area contributed by atoms with Crippen molar-refractivity contribution in [2.75, 3.05) is 13.2 Å². The molecule has 0 heterocycles. The van der Waals surface area contributed by atoms with Crippen LogP contribution in [0.4, 0.5) is 0 Å². The van der Waals surface area contributed by atoms with Crippen LogP contribution in [-0.2, 0) is 22.6 Å². The fraction of sp³-hybridized carbons (Fsp3) is 0.286. The lowest BCUT2D eigenvalue weighted by molar-refractivity contribution is -0.142. The highest BCUT2D eigenvalue weighted by molar-refractivity contribution is 6.30. The van der Waals surface area contributed by atoms with Crippen LogP contribution in [0.5, 0.6) is 5.75 Å². The number of halogens is 2. The van der Waals surface area contributed by atoms with Crippen molar-refractivity contribution in [2.45, 2.75) is 32.9 Å². The Morgan fingerprint density at radius 2 is 1.46 bits per heavy atom. The molecule has 0 aliphatic carbocycles. The lowest BCUT2D eigenvalue weighted by Gasteiger charge is -2.31. The average Bonchev–Trinajstić information content (AvgIpc) is 2.86. The second kappa shape index (κ2) is 13.2. The monoisotopic (exact) mass is 512 g/mol. The van der Waals surface area contributed by atoms with Crippen LogP contribution in [-0.4, -0.2) is 35.9 Å². The van der Waals surface area contributed by atoms with Crippen molar-refractivity contribution in [3.8, 4) is 5.75 Å². The Kier molecular flexibility index (Phi) is 10.0. The lowest BCUT2D eigenvalue weighted by Crippen LogP contribution is -2.52. The summed E-state index contributed by atoms with van der Waals surface area (Å²) in [5.74, 6) is 0.315. The van der Waals surface area contributed by atoms with Gasteiger partial charge in [-0.05, 0) is 53.4 Å². The van der Waals surface area contributed by atoms with Crippen molar-refractivity contribution in [3.63, 3.8) is 0 Å². The number of rotatable bonds is 11. The summed E-state index contributed by atoms with van der Waals surface area (Å²) in [6.07, 6.45) is 0.380. The maximum absolute atomic E-state index is 13.5. The molecule has 0 spiro atoms. The van der Waals surface area contributed by atoms with Gasteiger partial charge < -0.3 is 15.0 Å². The first-order chi connectivity index (χ1) is 16.8. The molecule has 1 atom stereocenters. The Bertz CT molecular complexity index is 1090. The quantitative estimate of drug-likeness (QED) is 0.354. The van der Waals surface area contributed by atoms with Crippen molar-refractivity contribution in [1.82, 2.24) is 10.2 Å². The van der Waals surface area contributed by atoms with Crippen LogP contribution in [0.1, 0.15) is 25.0 Å². The van der Waals surface area contributed by atoms with Crippen LogP contribution in [0.3, 0.4) is 0 Å². The molecule has 1 N–H and O–H groups in total. The molecule has 0 aromatic heterocycles. The molecule has 0 saturated carbocycles. The molecule has 0 fully saturated rings. The Morgan fingerprint density at radius 1 is 0.857 bits per heavy atom. The molecule has 1 unspecified atom stereocenters. The molecule has 0 aliphatic rings. The van der Waals surface area contributed by atoms with E-state index in [2.05, 4.69) is 5.32 Å². The number of nitrogens with one attached hydrogen (secondary N) is 1. The third-order valence-corrected chi connectivity index (χ3v) is 5.90. The second-order valence-corrected chi connectivity index (χ2v) is 9.61. The number of hydrogen-bond acceptors (Lipinski definition) is 3. The van der Waals surface area contributed by atoms with Gasteiger partial charge in [-0.2, -0.15) is 0 Å². The van der Waals surface area contributed by atoms with E-state index >= 15 is 0 Å². The van der Waals surface area contributed by atoms with Crippen LogP contribution in [0, 0.1) is 5.92 Å². The number of amides is 2. The number of carbonyl (C=O) groups excluding carboxylic acids is 2. The SMILES string of the molecule is CC(C)CNC(=O)C(Cc1ccccc1)N(Cc1ccc(Cl)cc1)C(=O)COc1ccc(Cl)cc1. The minimum Gasteiger partial charge on any atom is -0.484 e. The third-order valence-electron chi connectivity index (χ3n) is 5.40. The first kappa shape index (κ1) is 26.6. The Morgan fingerprint density at radius 3 is 2.06 bits per heavy atom. The molecular weight excluding hydrogens is 483 g/mol. The van der Waals surface area contributed by atoms with E-state index in [9.17, 15) is 9.59 Å². The Hall–Kier alpha value is -3.02. The van der Waals surface area contributed by atoms with Crippen molar-refractivity contribution in [2.24, 2.45) is 5.92 Å². The van der Waals surface area contributed by atoms with Gasteiger partial charge in [0.2, 0.25) is 5.91 Å². The zero-order chi connectivity index (χ0) is 25.2. The summed E-state index contributed by atoms with van der Waals surface area (Å²) in [4.78, 5) is 28.5. The van der Waals surface area contributed by atoms with E-state index in [-0.39, 0.29) is 30.9 Å². The van der Waals surface area contributed by atoms with E-state index in [0.717, 1.165) is 11.1 Å². The molecule has 7 heteroatoms. The van der Waals surface area contributed by atoms with Gasteiger partial charge in [0.05, 0.1) is 0 Å². The maximum atomic E-state index is 13.5. The first-order valence-electron chi connectivity index (χ1n) is 11.6. The number of ether oxygens (including phenoxy) is 1. The molecule has 3 aromatic carbocycles. The average molecular weight is 513 g/mol. The second-order valence-electron chi connectivity index (χ2n) is 8.74. The van der Waals surface area contributed by atoms with Crippen LogP contribution in [0.15, 0.2) is 78.9 Å². The van der Waals surface area contributed by atoms with E-state index in [0.29, 0.717) is 28.8 Å². The van der Waals surface area contributed by atoms with Crippen LogP contribution < -0.4 is 10.1 Å². The van der Waals surface area contributed by atoms with E-state index < -0.39 is 6.04 Å². The molecular formula is C28H30Cl2N2O3. The largest absolute Gasteiger partial charge is 0.484 e. The highest BCUT2D eigenvalue weighted by Gasteiger charge is 2.30. The van der Waals surface area contributed by atoms with Crippen LogP contribution >= 0.6 is 23.2 Å². The Labute approximate surface area is 217 Å². The molecule has 184 valence electrons. The molecule has 5 nitrogen and oxygen atoms in total. The summed E-state index contributed by atoms with van der Waals surface area (Å²) >= 11 is 12.0. The minimum absolute atomic E-state index is 0.198. The van der Waals surface area contributed by atoms with E-state index in [4.69, 9.17) is 27.9 Å². The standard InChI is InChI=1S/C28H30Cl2N2O3/c1-20(2)17-31-28(34)26(16-21-6-4-3-5-7-21)32(18-22-8-10-23(29)11-9-22)27(33)19-35-25-14-12-24(30)13-15-25/h3-15,20,26H,16-19H2,1-2H3,(H,31,34). The molecule has 0 bridgehead atoms. The van der Waals surface area contributed by atoms with Crippen LogP contribution in [0.25, 0.3) is 0 Å². The molecule has 35 heavy (non-hydrogen) atoms. The van der Waals surface area contributed by atoms with Crippen molar-refractivity contribution in [1.29, 1.82) is 0 Å². The maximum Gasteiger partial charge on any atom is 0.261 e. The predicted molar refractivity (Wildman–Crippen MR) is 141 cm³/mol. The van der Waals surface area contributed by atoms with E-state index in [1.54, 1.807) is 41.3 Å². The van der Waals surface area contributed by atoms with E-state index in [1.807, 2.05) is 56.3 Å². The molecule has 3 rings (SSSR count). The number of benzene rings is 3. The summed E-state index contributed by atoms with van der Waals surface area (Å²) in [6.45, 7) is 4.62. The van der Waals surface area contributed by atoms with Crippen molar-refractivity contribution >= 4 is 35.0 Å². The normalized spacial score (nSPS) is 11.7. The van der Waals surface area contributed by atoms with Crippen molar-refractivity contribution in [3.05, 3.63) is 100 Å². The van der Waals surface area contributed by atoms with Gasteiger partial charge in [-0.1, -0.05) is 79.5 Å². The lowest BCUT2D eigenvalue weighted by atomic mass is 10.0. The summed E-state index contributed by atoms with van der Waals surface area (Å²) in [5, 5.41) is 4.19. The Balaban J connectivity index is 1.88. The highest BCUT2D eigenvalue weighted by atomic mass is 35.5. The summed E-state index contributed by atoms with van der Waals surface area (Å²) in [6, 6.07) is 23.0. The molecule has 2 amide bonds. The van der Waals surface area contributed by atoms with Gasteiger partial charge in [0.1, 0.15) is 11.8 Å². The zero-order valence-electron chi connectivity index (χ0n) is 19.9. The summed E-state index contributed by atoms with van der Waals surface area (Å²) < 4.78 is 5.74. The number of nitrogens with zero attached hydrogens (tertiary/aromatic N) is 1. The highest BCUT2D eigenvalue weighted by Crippen LogP contribution is 2.19. The third kappa shape index (κ3) is 8.61. The topological polar surface area (TPSA) is 58.6 Å². The summed E-state index contributed by atoms with van der Waals surface area (Å²) in [7, 11) is 0. The van der Waals surface area contributed by atoms with E-state index in [1.165, 1.54) is 0 Å². The first-order valence-corrected chi connectivity index (χ1v) is 12.3. The number of hydrogen-bond donors (Lipinski definition) is 1. The van der Waals surface area contributed by atoms with Gasteiger partial charge in [-0.25, -0.2) is 0 Å². The van der Waals surface area contributed by atoms with Gasteiger partial charge in [-0.3, -0.25) is 9.59 Å². The van der Waals surface area contributed by atoms with Gasteiger partial charge in [0, 0.05) is 29.6 Å². The van der Waals surface area contributed by atoms with Gasteiger partial charge in [0.25, 0.3) is 5.91 Å². The van der Waals surface area contributed by atoms with Gasteiger partial charge in [-0.15, -0.1) is 0 Å². The molecule has 0 saturated heterocycles. The zero-order valence-corrected chi connectivity index (χ0v) is 21.4. The van der Waals surface area contributed by atoms with Gasteiger partial charge in [0.15, 0.2) is 6.61 Å². The van der Waals surface area contributed by atoms with Gasteiger partial charge >= 0.3 is 0 Å². The van der Waals surface area contributed by atoms with Crippen molar-refractivity contribution < 1.29 is 14.3 Å². The molecule has 0 aliphatic heterocycles. The number of carbonyl (C=O) groups is 2. The molecule has 0 radical (unpaired) electrons. The summed E-state index contributed by atoms with van der Waals surface area (Å²) in [5.41, 5.74) is 1.83. The fourth-order valence-electron chi connectivity index (χ4n) is 3.52. The fourth-order valence-corrected chi connectivity index (χ4v) is 3.77. The van der Waals surface area contributed by atoms with Crippen LogP contribution in [0.2, 0.25) is 10.0 Å². The predicted octanol–water partition coefficient (Wildman–Crippen LogP) is 5.78.